The predicted octanol–water partition coefficient (Wildman–Crippen LogP) is 3.33. The van der Waals surface area contributed by atoms with E-state index in [4.69, 9.17) is 0 Å². The van der Waals surface area contributed by atoms with Gasteiger partial charge in [-0.2, -0.15) is 13.2 Å². The topological polar surface area (TPSA) is 32.3 Å². The van der Waals surface area contributed by atoms with Crippen LogP contribution in [0.3, 0.4) is 0 Å². The van der Waals surface area contributed by atoms with E-state index in [-0.39, 0.29) is 0 Å². The maximum absolute atomic E-state index is 12.6. The highest BCUT2D eigenvalue weighted by atomic mass is 32.1. The Kier molecular flexibility index (Phi) is 4.65. The van der Waals surface area contributed by atoms with Crippen LogP contribution in [0.1, 0.15) is 16.3 Å². The SMILES string of the molecule is FC(F)(F)c1cnc(CN2CCCN(c3nccs3)CC2)s1. The van der Waals surface area contributed by atoms with Gasteiger partial charge in [-0.3, -0.25) is 4.90 Å². The number of hydrogen-bond acceptors (Lipinski definition) is 6. The Balaban J connectivity index is 1.59. The molecule has 1 aliphatic rings. The van der Waals surface area contributed by atoms with Gasteiger partial charge in [0.05, 0.1) is 12.7 Å². The third kappa shape index (κ3) is 3.76. The largest absolute Gasteiger partial charge is 0.427 e. The molecule has 0 N–H and O–H groups in total. The highest BCUT2D eigenvalue weighted by molar-refractivity contribution is 7.13. The monoisotopic (exact) mass is 348 g/mol. The van der Waals surface area contributed by atoms with Crippen LogP contribution in [0, 0.1) is 0 Å². The Morgan fingerprint density at radius 3 is 2.68 bits per heavy atom. The lowest BCUT2D eigenvalue weighted by molar-refractivity contribution is -0.134. The van der Waals surface area contributed by atoms with Crippen LogP contribution < -0.4 is 4.90 Å². The van der Waals surface area contributed by atoms with Gasteiger partial charge in [-0.05, 0) is 6.42 Å². The molecule has 0 spiro atoms. The molecule has 4 nitrogen and oxygen atoms in total. The van der Waals surface area contributed by atoms with Crippen LogP contribution in [-0.4, -0.2) is 41.0 Å². The van der Waals surface area contributed by atoms with Crippen molar-refractivity contribution in [2.45, 2.75) is 19.1 Å². The van der Waals surface area contributed by atoms with Crippen molar-refractivity contribution in [2.24, 2.45) is 0 Å². The molecule has 1 saturated heterocycles. The van der Waals surface area contributed by atoms with Gasteiger partial charge < -0.3 is 4.90 Å². The molecule has 1 aliphatic heterocycles. The van der Waals surface area contributed by atoms with Gasteiger partial charge in [0.15, 0.2) is 5.13 Å². The lowest BCUT2D eigenvalue weighted by atomic mass is 10.4. The summed E-state index contributed by atoms with van der Waals surface area (Å²) in [5.74, 6) is 0. The standard InChI is InChI=1S/C13H15F3N4S2/c14-13(15,16)10-8-18-11(22-10)9-19-3-1-4-20(6-5-19)12-17-2-7-21-12/h2,7-8H,1,3-6,9H2. The van der Waals surface area contributed by atoms with Crippen LogP contribution in [0.5, 0.6) is 0 Å². The quantitative estimate of drug-likeness (QED) is 0.852. The first-order chi connectivity index (χ1) is 10.5. The highest BCUT2D eigenvalue weighted by Crippen LogP contribution is 2.33. The Morgan fingerprint density at radius 2 is 2.00 bits per heavy atom. The Morgan fingerprint density at radius 1 is 1.14 bits per heavy atom. The Labute approximate surface area is 134 Å². The van der Waals surface area contributed by atoms with Gasteiger partial charge in [0.2, 0.25) is 0 Å². The van der Waals surface area contributed by atoms with E-state index in [0.717, 1.165) is 55.3 Å². The van der Waals surface area contributed by atoms with E-state index >= 15 is 0 Å². The number of aromatic nitrogens is 2. The number of nitrogens with zero attached hydrogens (tertiary/aromatic N) is 4. The van der Waals surface area contributed by atoms with Gasteiger partial charge in [0, 0.05) is 37.8 Å². The first-order valence-electron chi connectivity index (χ1n) is 6.91. The Bertz CT molecular complexity index is 597. The fraction of sp³-hybridized carbons (Fsp3) is 0.538. The molecule has 3 rings (SSSR count). The van der Waals surface area contributed by atoms with Crippen LogP contribution in [0.4, 0.5) is 18.3 Å². The second kappa shape index (κ2) is 6.51. The molecule has 0 atom stereocenters. The zero-order valence-electron chi connectivity index (χ0n) is 11.7. The molecule has 1 fully saturated rings. The van der Waals surface area contributed by atoms with Crippen molar-refractivity contribution < 1.29 is 13.2 Å². The number of rotatable bonds is 3. The normalized spacial score (nSPS) is 17.7. The number of thiazole rings is 2. The molecule has 2 aromatic rings. The minimum atomic E-state index is -4.30. The number of anilines is 1. The lowest BCUT2D eigenvalue weighted by Gasteiger charge is -2.20. The van der Waals surface area contributed by atoms with Gasteiger partial charge in [-0.1, -0.05) is 0 Å². The van der Waals surface area contributed by atoms with Crippen molar-refractivity contribution in [3.05, 3.63) is 27.7 Å². The van der Waals surface area contributed by atoms with Crippen LogP contribution in [-0.2, 0) is 12.7 Å². The average Bonchev–Trinajstić information content (AvgIpc) is 3.08. The summed E-state index contributed by atoms with van der Waals surface area (Å²) in [6, 6.07) is 0. The van der Waals surface area contributed by atoms with E-state index in [1.807, 2.05) is 5.38 Å². The fourth-order valence-corrected chi connectivity index (χ4v) is 3.92. The average molecular weight is 348 g/mol. The van der Waals surface area contributed by atoms with Crippen molar-refractivity contribution in [3.63, 3.8) is 0 Å². The van der Waals surface area contributed by atoms with Crippen molar-refractivity contribution in [1.82, 2.24) is 14.9 Å². The van der Waals surface area contributed by atoms with E-state index in [9.17, 15) is 13.2 Å². The summed E-state index contributed by atoms with van der Waals surface area (Å²) in [7, 11) is 0. The molecule has 22 heavy (non-hydrogen) atoms. The van der Waals surface area contributed by atoms with Crippen molar-refractivity contribution in [3.8, 4) is 0 Å². The number of alkyl halides is 3. The molecule has 0 unspecified atom stereocenters. The summed E-state index contributed by atoms with van der Waals surface area (Å²) < 4.78 is 37.8. The van der Waals surface area contributed by atoms with Crippen molar-refractivity contribution in [1.29, 1.82) is 0 Å². The van der Waals surface area contributed by atoms with Gasteiger partial charge in [-0.15, -0.1) is 22.7 Å². The molecule has 0 radical (unpaired) electrons. The van der Waals surface area contributed by atoms with Crippen LogP contribution in [0.15, 0.2) is 17.8 Å². The van der Waals surface area contributed by atoms with Gasteiger partial charge in [0.1, 0.15) is 9.88 Å². The van der Waals surface area contributed by atoms with E-state index in [2.05, 4.69) is 19.8 Å². The molecule has 9 heteroatoms. The molecule has 0 saturated carbocycles. The molecule has 0 amide bonds. The van der Waals surface area contributed by atoms with E-state index in [0.29, 0.717) is 11.6 Å². The molecule has 0 bridgehead atoms. The molecule has 2 aromatic heterocycles. The third-order valence-corrected chi connectivity index (χ3v) is 5.33. The highest BCUT2D eigenvalue weighted by Gasteiger charge is 2.33. The predicted molar refractivity (Wildman–Crippen MR) is 81.3 cm³/mol. The minimum Gasteiger partial charge on any atom is -0.347 e. The smallest absolute Gasteiger partial charge is 0.347 e. The number of halogens is 3. The third-order valence-electron chi connectivity index (χ3n) is 3.47. The summed E-state index contributed by atoms with van der Waals surface area (Å²) >= 11 is 2.35. The maximum Gasteiger partial charge on any atom is 0.427 e. The Hall–Kier alpha value is -1.19. The van der Waals surface area contributed by atoms with E-state index in [1.54, 1.807) is 17.5 Å². The lowest BCUT2D eigenvalue weighted by Crippen LogP contribution is -2.30. The van der Waals surface area contributed by atoms with Crippen LogP contribution >= 0.6 is 22.7 Å². The molecule has 120 valence electrons. The molecular formula is C13H15F3N4S2. The van der Waals surface area contributed by atoms with E-state index in [1.165, 1.54) is 0 Å². The zero-order chi connectivity index (χ0) is 15.6. The van der Waals surface area contributed by atoms with Gasteiger partial charge in [0.25, 0.3) is 0 Å². The van der Waals surface area contributed by atoms with Gasteiger partial charge >= 0.3 is 6.18 Å². The second-order valence-corrected chi connectivity index (χ2v) is 7.04. The molecule has 0 aromatic carbocycles. The van der Waals surface area contributed by atoms with Crippen LogP contribution in [0.25, 0.3) is 0 Å². The van der Waals surface area contributed by atoms with Crippen molar-refractivity contribution >= 4 is 27.8 Å². The number of hydrogen-bond donors (Lipinski definition) is 0. The first-order valence-corrected chi connectivity index (χ1v) is 8.61. The molecule has 0 aliphatic carbocycles. The summed E-state index contributed by atoms with van der Waals surface area (Å²) in [6.07, 6.45) is -0.607. The van der Waals surface area contributed by atoms with Gasteiger partial charge in [-0.25, -0.2) is 9.97 Å². The van der Waals surface area contributed by atoms with Crippen molar-refractivity contribution in [2.75, 3.05) is 31.1 Å². The van der Waals surface area contributed by atoms with Crippen LogP contribution in [0.2, 0.25) is 0 Å². The zero-order valence-corrected chi connectivity index (χ0v) is 13.3. The van der Waals surface area contributed by atoms with E-state index < -0.39 is 11.1 Å². The molecular weight excluding hydrogens is 333 g/mol. The summed E-state index contributed by atoms with van der Waals surface area (Å²) in [5.41, 5.74) is 0. The minimum absolute atomic E-state index is 0.479. The second-order valence-electron chi connectivity index (χ2n) is 5.05. The summed E-state index contributed by atoms with van der Waals surface area (Å²) in [4.78, 5) is 12.0. The summed E-state index contributed by atoms with van der Waals surface area (Å²) in [5, 5.41) is 3.48. The summed E-state index contributed by atoms with van der Waals surface area (Å²) in [6.45, 7) is 3.91. The maximum atomic E-state index is 12.6. The fourth-order valence-electron chi connectivity index (χ4n) is 2.40. The first kappa shape index (κ1) is 15.7. The molecule has 3 heterocycles.